The van der Waals surface area contributed by atoms with Crippen molar-refractivity contribution in [2.45, 2.75) is 19.9 Å². The number of rotatable bonds is 7. The van der Waals surface area contributed by atoms with E-state index in [9.17, 15) is 14.0 Å². The van der Waals surface area contributed by atoms with E-state index in [1.807, 2.05) is 68.4 Å². The number of halogens is 1. The van der Waals surface area contributed by atoms with Gasteiger partial charge in [-0.1, -0.05) is 62.4 Å². The first-order valence-electron chi connectivity index (χ1n) is 10.3. The second kappa shape index (κ2) is 10.0. The van der Waals surface area contributed by atoms with Crippen molar-refractivity contribution in [2.24, 2.45) is 5.92 Å². The highest BCUT2D eigenvalue weighted by Crippen LogP contribution is 2.25. The zero-order chi connectivity index (χ0) is 22.4. The van der Waals surface area contributed by atoms with Gasteiger partial charge in [-0.15, -0.1) is 0 Å². The van der Waals surface area contributed by atoms with Gasteiger partial charge in [0.05, 0.1) is 6.04 Å². The topological polar surface area (TPSA) is 49.4 Å². The number of carbonyl (C=O) groups is 2. The van der Waals surface area contributed by atoms with E-state index in [4.69, 9.17) is 0 Å². The highest BCUT2D eigenvalue weighted by Gasteiger charge is 2.26. The van der Waals surface area contributed by atoms with E-state index in [2.05, 4.69) is 5.32 Å². The summed E-state index contributed by atoms with van der Waals surface area (Å²) >= 11 is 0. The summed E-state index contributed by atoms with van der Waals surface area (Å²) in [7, 11) is 1.76. The third kappa shape index (κ3) is 5.37. The molecule has 0 spiro atoms. The molecule has 160 valence electrons. The highest BCUT2D eigenvalue weighted by molar-refractivity contribution is 6.01. The minimum atomic E-state index is -0.390. The van der Waals surface area contributed by atoms with Crippen molar-refractivity contribution in [1.82, 2.24) is 10.2 Å². The third-order valence-electron chi connectivity index (χ3n) is 5.41. The lowest BCUT2D eigenvalue weighted by Crippen LogP contribution is -2.47. The van der Waals surface area contributed by atoms with E-state index in [1.165, 1.54) is 24.3 Å². The van der Waals surface area contributed by atoms with E-state index in [1.54, 1.807) is 11.9 Å². The van der Waals surface area contributed by atoms with Crippen molar-refractivity contribution in [2.75, 3.05) is 13.6 Å². The molecule has 0 aliphatic heterocycles. The maximum absolute atomic E-state index is 13.4. The molecule has 0 fully saturated rings. The normalized spacial score (nSPS) is 11.8. The smallest absolute Gasteiger partial charge is 0.254 e. The first-order chi connectivity index (χ1) is 14.9. The lowest BCUT2D eigenvalue weighted by Gasteiger charge is -2.32. The first kappa shape index (κ1) is 22.2. The van der Waals surface area contributed by atoms with Crippen molar-refractivity contribution >= 4 is 11.8 Å². The second-order valence-corrected chi connectivity index (χ2v) is 7.86. The summed E-state index contributed by atoms with van der Waals surface area (Å²) in [6.45, 7) is 4.33. The minimum absolute atomic E-state index is 0.103. The molecule has 0 aliphatic rings. The first-order valence-corrected chi connectivity index (χ1v) is 10.3. The second-order valence-electron chi connectivity index (χ2n) is 7.86. The van der Waals surface area contributed by atoms with Gasteiger partial charge < -0.3 is 10.2 Å². The number of hydrogen-bond donors (Lipinski definition) is 1. The molecule has 0 heterocycles. The largest absolute Gasteiger partial charge is 0.350 e. The van der Waals surface area contributed by atoms with E-state index in [0.29, 0.717) is 17.7 Å². The van der Waals surface area contributed by atoms with Crippen LogP contribution in [0.3, 0.4) is 0 Å². The van der Waals surface area contributed by atoms with E-state index in [0.717, 1.165) is 11.1 Å². The molecular weight excluding hydrogens is 391 g/mol. The van der Waals surface area contributed by atoms with Crippen LogP contribution in [-0.2, 0) is 0 Å². The molecule has 1 atom stereocenters. The summed E-state index contributed by atoms with van der Waals surface area (Å²) in [6.07, 6.45) is 0. The van der Waals surface area contributed by atoms with Gasteiger partial charge in [0.2, 0.25) is 0 Å². The summed E-state index contributed by atoms with van der Waals surface area (Å²) in [4.78, 5) is 27.5. The van der Waals surface area contributed by atoms with Crippen LogP contribution < -0.4 is 5.32 Å². The molecule has 3 rings (SSSR count). The van der Waals surface area contributed by atoms with Crippen molar-refractivity contribution in [1.29, 1.82) is 0 Å². The number of hydrogen-bond acceptors (Lipinski definition) is 2. The molecule has 5 heteroatoms. The third-order valence-corrected chi connectivity index (χ3v) is 5.41. The van der Waals surface area contributed by atoms with Crippen molar-refractivity contribution < 1.29 is 14.0 Å². The van der Waals surface area contributed by atoms with Crippen LogP contribution in [0.4, 0.5) is 4.39 Å². The van der Waals surface area contributed by atoms with Gasteiger partial charge in [-0.2, -0.15) is 0 Å². The molecule has 0 saturated carbocycles. The Morgan fingerprint density at radius 2 is 1.52 bits per heavy atom. The fourth-order valence-corrected chi connectivity index (χ4v) is 3.60. The molecule has 0 bridgehead atoms. The monoisotopic (exact) mass is 418 g/mol. The van der Waals surface area contributed by atoms with E-state index in [-0.39, 0.29) is 29.6 Å². The molecule has 2 amide bonds. The Balaban J connectivity index is 1.77. The standard InChI is InChI=1S/C26H27FN2O2/c1-18(2)24(17-28-25(30)20-13-15-21(27)16-14-20)29(3)26(31)23-12-8-7-11-22(23)19-9-5-4-6-10-19/h4-16,18,24H,17H2,1-3H3,(H,28,30)/t24-/m1/s1. The molecule has 3 aromatic rings. The number of nitrogens with zero attached hydrogens (tertiary/aromatic N) is 1. The molecule has 4 nitrogen and oxygen atoms in total. The van der Waals surface area contributed by atoms with Gasteiger partial charge in [0.15, 0.2) is 0 Å². The summed E-state index contributed by atoms with van der Waals surface area (Å²) in [5.41, 5.74) is 2.85. The van der Waals surface area contributed by atoms with Gasteiger partial charge in [0, 0.05) is 24.7 Å². The minimum Gasteiger partial charge on any atom is -0.350 e. The fraction of sp³-hybridized carbons (Fsp3) is 0.231. The highest BCUT2D eigenvalue weighted by atomic mass is 19.1. The molecule has 0 unspecified atom stereocenters. The number of benzene rings is 3. The molecule has 31 heavy (non-hydrogen) atoms. The van der Waals surface area contributed by atoms with Crippen LogP contribution >= 0.6 is 0 Å². The van der Waals surface area contributed by atoms with Gasteiger partial charge >= 0.3 is 0 Å². The summed E-state index contributed by atoms with van der Waals surface area (Å²) < 4.78 is 13.1. The van der Waals surface area contributed by atoms with E-state index >= 15 is 0 Å². The van der Waals surface area contributed by atoms with Gasteiger partial charge in [0.25, 0.3) is 11.8 Å². The van der Waals surface area contributed by atoms with Crippen LogP contribution in [-0.4, -0.2) is 36.3 Å². The van der Waals surface area contributed by atoms with Crippen LogP contribution in [0.5, 0.6) is 0 Å². The van der Waals surface area contributed by atoms with Crippen LogP contribution in [0.2, 0.25) is 0 Å². The maximum Gasteiger partial charge on any atom is 0.254 e. The molecule has 0 aliphatic carbocycles. The summed E-state index contributed by atoms with van der Waals surface area (Å²) in [5.74, 6) is -0.671. The predicted molar refractivity (Wildman–Crippen MR) is 121 cm³/mol. The number of amides is 2. The van der Waals surface area contributed by atoms with Crippen LogP contribution in [0.15, 0.2) is 78.9 Å². The zero-order valence-electron chi connectivity index (χ0n) is 18.0. The number of carbonyl (C=O) groups excluding carboxylic acids is 2. The summed E-state index contributed by atoms with van der Waals surface area (Å²) in [5, 5.41) is 2.88. The summed E-state index contributed by atoms with van der Waals surface area (Å²) in [6, 6.07) is 22.5. The Hall–Kier alpha value is -3.47. The van der Waals surface area contributed by atoms with Crippen LogP contribution in [0, 0.1) is 11.7 Å². The predicted octanol–water partition coefficient (Wildman–Crippen LogP) is 5.02. The number of nitrogens with one attached hydrogen (secondary N) is 1. The Morgan fingerprint density at radius 3 is 2.16 bits per heavy atom. The van der Waals surface area contributed by atoms with Gasteiger partial charge in [-0.3, -0.25) is 9.59 Å². The molecule has 3 aromatic carbocycles. The Bertz CT molecular complexity index is 1030. The van der Waals surface area contributed by atoms with Gasteiger partial charge in [-0.05, 0) is 47.4 Å². The van der Waals surface area contributed by atoms with Crippen molar-refractivity contribution in [3.8, 4) is 11.1 Å². The molecule has 1 N–H and O–H groups in total. The quantitative estimate of drug-likeness (QED) is 0.586. The van der Waals surface area contributed by atoms with Crippen molar-refractivity contribution in [3.05, 3.63) is 95.8 Å². The molecule has 0 saturated heterocycles. The lowest BCUT2D eigenvalue weighted by atomic mass is 9.97. The average Bonchev–Trinajstić information content (AvgIpc) is 2.79. The Morgan fingerprint density at radius 1 is 0.903 bits per heavy atom. The average molecular weight is 419 g/mol. The molecule has 0 aromatic heterocycles. The van der Waals surface area contributed by atoms with Gasteiger partial charge in [-0.25, -0.2) is 4.39 Å². The zero-order valence-corrected chi connectivity index (χ0v) is 18.0. The fourth-order valence-electron chi connectivity index (χ4n) is 3.60. The van der Waals surface area contributed by atoms with Crippen LogP contribution in [0.25, 0.3) is 11.1 Å². The van der Waals surface area contributed by atoms with E-state index < -0.39 is 0 Å². The molecular formula is C26H27FN2O2. The molecule has 0 radical (unpaired) electrons. The van der Waals surface area contributed by atoms with Crippen LogP contribution in [0.1, 0.15) is 34.6 Å². The Labute approximate surface area is 182 Å². The maximum atomic E-state index is 13.4. The lowest BCUT2D eigenvalue weighted by molar-refractivity contribution is 0.0676. The SMILES string of the molecule is CC(C)[C@@H](CNC(=O)c1ccc(F)cc1)N(C)C(=O)c1ccccc1-c1ccccc1. The van der Waals surface area contributed by atoms with Crippen molar-refractivity contribution in [3.63, 3.8) is 0 Å². The number of likely N-dealkylation sites (N-methyl/N-ethyl adjacent to an activating group) is 1. The van der Waals surface area contributed by atoms with Gasteiger partial charge in [0.1, 0.15) is 5.82 Å². The Kier molecular flexibility index (Phi) is 7.19.